The monoisotopic (exact) mass is 214 g/mol. The summed E-state index contributed by atoms with van der Waals surface area (Å²) in [5.74, 6) is 0.479. The first-order valence-corrected chi connectivity index (χ1v) is 5.53. The fraction of sp³-hybridized carbons (Fsp3) is 0.900. The highest BCUT2D eigenvalue weighted by Gasteiger charge is 2.34. The molecule has 0 radical (unpaired) electrons. The average Bonchev–Trinajstić information content (AvgIpc) is 2.17. The van der Waals surface area contributed by atoms with E-state index in [1.165, 1.54) is 4.90 Å². The van der Waals surface area contributed by atoms with Gasteiger partial charge in [0.1, 0.15) is 0 Å². The van der Waals surface area contributed by atoms with Crippen molar-refractivity contribution in [3.8, 4) is 0 Å². The number of piperazine rings is 1. The summed E-state index contributed by atoms with van der Waals surface area (Å²) in [6, 6.07) is 0.582. The van der Waals surface area contributed by atoms with E-state index in [1.54, 1.807) is 0 Å². The van der Waals surface area contributed by atoms with E-state index in [4.69, 9.17) is 10.2 Å². The molecule has 2 aliphatic rings. The molecule has 1 saturated heterocycles. The smallest absolute Gasteiger partial charge is 0.407 e. The first-order valence-electron chi connectivity index (χ1n) is 5.53. The van der Waals surface area contributed by atoms with Crippen molar-refractivity contribution in [1.82, 2.24) is 9.80 Å². The van der Waals surface area contributed by atoms with E-state index in [0.717, 1.165) is 25.9 Å². The normalized spacial score (nSPS) is 32.5. The molecule has 1 aliphatic carbocycles. The van der Waals surface area contributed by atoms with Crippen LogP contribution in [-0.4, -0.2) is 64.9 Å². The molecule has 1 amide bonds. The van der Waals surface area contributed by atoms with Crippen LogP contribution in [0.3, 0.4) is 0 Å². The van der Waals surface area contributed by atoms with Gasteiger partial charge >= 0.3 is 6.09 Å². The van der Waals surface area contributed by atoms with Crippen molar-refractivity contribution in [3.05, 3.63) is 0 Å². The molecular formula is C10H18N2O3. The molecule has 0 aromatic carbocycles. The average molecular weight is 214 g/mol. The lowest BCUT2D eigenvalue weighted by molar-refractivity contribution is 0.0166. The van der Waals surface area contributed by atoms with Crippen molar-refractivity contribution in [2.75, 3.05) is 32.8 Å². The summed E-state index contributed by atoms with van der Waals surface area (Å²) in [4.78, 5) is 14.5. The van der Waals surface area contributed by atoms with Crippen LogP contribution in [0.25, 0.3) is 0 Å². The Morgan fingerprint density at radius 3 is 2.27 bits per heavy atom. The lowest BCUT2D eigenvalue weighted by Crippen LogP contribution is -2.55. The number of hydrogen-bond acceptors (Lipinski definition) is 3. The Kier molecular flexibility index (Phi) is 3.11. The number of aliphatic hydroxyl groups is 1. The standard InChI is InChI=1S/C10H18N2O3/c13-7-8-5-9(6-8)11-1-3-12(4-2-11)10(14)15/h8-9,13H,1-7H2,(H,14,15). The van der Waals surface area contributed by atoms with Gasteiger partial charge in [-0.3, -0.25) is 4.90 Å². The Balaban J connectivity index is 1.73. The quantitative estimate of drug-likeness (QED) is 0.682. The zero-order chi connectivity index (χ0) is 10.8. The highest BCUT2D eigenvalue weighted by molar-refractivity contribution is 5.65. The van der Waals surface area contributed by atoms with E-state index < -0.39 is 6.09 Å². The molecule has 86 valence electrons. The summed E-state index contributed by atoms with van der Waals surface area (Å²) >= 11 is 0. The molecule has 0 spiro atoms. The maximum atomic E-state index is 10.7. The molecule has 0 atom stereocenters. The molecule has 2 N–H and O–H groups in total. The highest BCUT2D eigenvalue weighted by Crippen LogP contribution is 2.31. The molecule has 15 heavy (non-hydrogen) atoms. The fourth-order valence-corrected chi connectivity index (χ4v) is 2.43. The summed E-state index contributed by atoms with van der Waals surface area (Å²) in [6.07, 6.45) is 1.34. The predicted molar refractivity (Wildman–Crippen MR) is 54.8 cm³/mol. The molecule has 2 fully saturated rings. The number of hydrogen-bond donors (Lipinski definition) is 2. The first-order chi connectivity index (χ1) is 7.20. The van der Waals surface area contributed by atoms with Gasteiger partial charge in [-0.15, -0.1) is 0 Å². The van der Waals surface area contributed by atoms with E-state index in [9.17, 15) is 4.79 Å². The van der Waals surface area contributed by atoms with Crippen LogP contribution in [0.4, 0.5) is 4.79 Å². The Labute approximate surface area is 89.3 Å². The van der Waals surface area contributed by atoms with Gasteiger partial charge in [-0.1, -0.05) is 0 Å². The van der Waals surface area contributed by atoms with E-state index in [1.807, 2.05) is 0 Å². The lowest BCUT2D eigenvalue weighted by atomic mass is 9.79. The number of carboxylic acid groups (broad SMARTS) is 1. The number of amides is 1. The highest BCUT2D eigenvalue weighted by atomic mass is 16.4. The van der Waals surface area contributed by atoms with Crippen molar-refractivity contribution in [2.45, 2.75) is 18.9 Å². The SMILES string of the molecule is O=C(O)N1CCN(C2CC(CO)C2)CC1. The van der Waals surface area contributed by atoms with Gasteiger partial charge in [0.05, 0.1) is 0 Å². The fourth-order valence-electron chi connectivity index (χ4n) is 2.43. The number of nitrogens with zero attached hydrogens (tertiary/aromatic N) is 2. The van der Waals surface area contributed by atoms with Crippen LogP contribution in [-0.2, 0) is 0 Å². The van der Waals surface area contributed by atoms with Gasteiger partial charge in [0.2, 0.25) is 0 Å². The van der Waals surface area contributed by atoms with Crippen LogP contribution in [0.15, 0.2) is 0 Å². The third-order valence-corrected chi connectivity index (χ3v) is 3.57. The Morgan fingerprint density at radius 2 is 1.80 bits per heavy atom. The predicted octanol–water partition coefficient (Wildman–Crippen LogP) is 0.0529. The van der Waals surface area contributed by atoms with Crippen LogP contribution >= 0.6 is 0 Å². The molecular weight excluding hydrogens is 196 g/mol. The van der Waals surface area contributed by atoms with Crippen LogP contribution in [0.5, 0.6) is 0 Å². The molecule has 0 aromatic rings. The lowest BCUT2D eigenvalue weighted by Gasteiger charge is -2.45. The van der Waals surface area contributed by atoms with Crippen LogP contribution in [0.1, 0.15) is 12.8 Å². The van der Waals surface area contributed by atoms with Crippen LogP contribution in [0.2, 0.25) is 0 Å². The van der Waals surface area contributed by atoms with Crippen molar-refractivity contribution in [2.24, 2.45) is 5.92 Å². The Bertz CT molecular complexity index is 233. The summed E-state index contributed by atoms with van der Waals surface area (Å²) in [7, 11) is 0. The van der Waals surface area contributed by atoms with Crippen molar-refractivity contribution >= 4 is 6.09 Å². The second-order valence-corrected chi connectivity index (χ2v) is 4.48. The maximum absolute atomic E-state index is 10.7. The number of aliphatic hydroxyl groups excluding tert-OH is 1. The molecule has 0 unspecified atom stereocenters. The summed E-state index contributed by atoms with van der Waals surface area (Å²) < 4.78 is 0. The summed E-state index contributed by atoms with van der Waals surface area (Å²) in [6.45, 7) is 3.22. The van der Waals surface area contributed by atoms with Gasteiger partial charge in [-0.25, -0.2) is 4.79 Å². The van der Waals surface area contributed by atoms with E-state index >= 15 is 0 Å². The van der Waals surface area contributed by atoms with Crippen LogP contribution < -0.4 is 0 Å². The molecule has 0 aromatic heterocycles. The van der Waals surface area contributed by atoms with Crippen LogP contribution in [0, 0.1) is 5.92 Å². The Hall–Kier alpha value is -0.810. The molecule has 5 nitrogen and oxygen atoms in total. The second-order valence-electron chi connectivity index (χ2n) is 4.48. The zero-order valence-corrected chi connectivity index (χ0v) is 8.80. The molecule has 5 heteroatoms. The van der Waals surface area contributed by atoms with E-state index in [2.05, 4.69) is 4.90 Å². The van der Waals surface area contributed by atoms with E-state index in [-0.39, 0.29) is 0 Å². The third kappa shape index (κ3) is 2.23. The topological polar surface area (TPSA) is 64.0 Å². The minimum Gasteiger partial charge on any atom is -0.465 e. The molecule has 0 bridgehead atoms. The largest absolute Gasteiger partial charge is 0.465 e. The summed E-state index contributed by atoms with van der Waals surface area (Å²) in [5.41, 5.74) is 0. The minimum absolute atomic E-state index is 0.297. The number of rotatable bonds is 2. The van der Waals surface area contributed by atoms with Gasteiger partial charge in [-0.2, -0.15) is 0 Å². The first kappa shape index (κ1) is 10.7. The van der Waals surface area contributed by atoms with Crippen molar-refractivity contribution in [1.29, 1.82) is 0 Å². The molecule has 1 aliphatic heterocycles. The van der Waals surface area contributed by atoms with Gasteiger partial charge in [0, 0.05) is 38.8 Å². The van der Waals surface area contributed by atoms with E-state index in [0.29, 0.717) is 31.7 Å². The number of carbonyl (C=O) groups is 1. The van der Waals surface area contributed by atoms with Gasteiger partial charge in [-0.05, 0) is 18.8 Å². The second kappa shape index (κ2) is 4.37. The van der Waals surface area contributed by atoms with Crippen molar-refractivity contribution < 1.29 is 15.0 Å². The molecule has 2 rings (SSSR count). The van der Waals surface area contributed by atoms with Gasteiger partial charge in [0.15, 0.2) is 0 Å². The third-order valence-electron chi connectivity index (χ3n) is 3.57. The van der Waals surface area contributed by atoms with Gasteiger partial charge in [0.25, 0.3) is 0 Å². The molecule has 1 saturated carbocycles. The zero-order valence-electron chi connectivity index (χ0n) is 8.80. The van der Waals surface area contributed by atoms with Crippen molar-refractivity contribution in [3.63, 3.8) is 0 Å². The minimum atomic E-state index is -0.809. The maximum Gasteiger partial charge on any atom is 0.407 e. The van der Waals surface area contributed by atoms with Gasteiger partial charge < -0.3 is 15.1 Å². The Morgan fingerprint density at radius 1 is 1.20 bits per heavy atom. The molecule has 1 heterocycles. The summed E-state index contributed by atoms with van der Waals surface area (Å²) in [5, 5.41) is 17.7.